The predicted molar refractivity (Wildman–Crippen MR) is 102 cm³/mol. The van der Waals surface area contributed by atoms with Crippen molar-refractivity contribution >= 4 is 23.2 Å². The number of anilines is 1. The van der Waals surface area contributed by atoms with Crippen molar-refractivity contribution in [2.24, 2.45) is 4.99 Å². The Bertz CT molecular complexity index is 978. The van der Waals surface area contributed by atoms with Crippen molar-refractivity contribution in [1.29, 1.82) is 0 Å². The average molecular weight is 370 g/mol. The Kier molecular flexibility index (Phi) is 4.72. The summed E-state index contributed by atoms with van der Waals surface area (Å²) in [4.78, 5) is 7.78. The summed E-state index contributed by atoms with van der Waals surface area (Å²) in [7, 11) is 4.90. The number of phenolic OH excluding ortho intramolecular Hbond substituents is 1. The Hall–Kier alpha value is -2.64. The second kappa shape index (κ2) is 7.17. The molecule has 142 valence electrons. The first-order valence-electron chi connectivity index (χ1n) is 8.95. The maximum Gasteiger partial charge on any atom is 0.257 e. The van der Waals surface area contributed by atoms with Crippen LogP contribution in [0.1, 0.15) is 6.42 Å². The number of methoxy groups -OCH3 is 3. The molecular weight excluding hydrogens is 346 g/mol. The van der Waals surface area contributed by atoms with Gasteiger partial charge in [0, 0.05) is 32.9 Å². The van der Waals surface area contributed by atoms with Crippen LogP contribution in [0.3, 0.4) is 0 Å². The molecule has 2 heterocycles. The van der Waals surface area contributed by atoms with E-state index in [1.807, 2.05) is 24.4 Å². The smallest absolute Gasteiger partial charge is 0.257 e. The van der Waals surface area contributed by atoms with Crippen LogP contribution < -0.4 is 20.9 Å². The Morgan fingerprint density at radius 3 is 2.89 bits per heavy atom. The first-order chi connectivity index (χ1) is 13.2. The molecule has 0 spiro atoms. The first-order valence-corrected chi connectivity index (χ1v) is 8.95. The summed E-state index contributed by atoms with van der Waals surface area (Å²) >= 11 is 0. The van der Waals surface area contributed by atoms with Crippen molar-refractivity contribution in [3.63, 3.8) is 0 Å². The lowest BCUT2D eigenvalue weighted by molar-refractivity contribution is -0.345. The summed E-state index contributed by atoms with van der Waals surface area (Å²) < 4.78 is 16.4. The number of hydrogen-bond acceptors (Lipinski definition) is 6. The third kappa shape index (κ3) is 3.02. The number of phenols is 1. The quantitative estimate of drug-likeness (QED) is 0.575. The number of ether oxygens (including phenoxy) is 3. The lowest BCUT2D eigenvalue weighted by atomic mass is 9.99. The minimum atomic E-state index is -0.269. The van der Waals surface area contributed by atoms with Gasteiger partial charge in [-0.05, 0) is 30.2 Å². The average Bonchev–Trinajstić information content (AvgIpc) is 3.14. The van der Waals surface area contributed by atoms with E-state index in [0.717, 1.165) is 34.8 Å². The van der Waals surface area contributed by atoms with E-state index in [0.29, 0.717) is 18.0 Å². The number of benzene rings is 1. The van der Waals surface area contributed by atoms with Crippen molar-refractivity contribution in [1.82, 2.24) is 0 Å². The Morgan fingerprint density at radius 1 is 1.30 bits per heavy atom. The van der Waals surface area contributed by atoms with E-state index in [9.17, 15) is 5.11 Å². The molecule has 0 amide bonds. The molecule has 0 radical (unpaired) electrons. The van der Waals surface area contributed by atoms with Crippen molar-refractivity contribution in [3.05, 3.63) is 40.1 Å². The summed E-state index contributed by atoms with van der Waals surface area (Å²) in [6.07, 6.45) is 6.29. The van der Waals surface area contributed by atoms with Crippen molar-refractivity contribution in [3.8, 4) is 5.75 Å². The topological polar surface area (TPSA) is 86.3 Å². The molecule has 7 nitrogen and oxygen atoms in total. The molecule has 7 heteroatoms. The lowest BCUT2D eigenvalue weighted by Gasteiger charge is -2.28. The Morgan fingerprint density at radius 2 is 2.15 bits per heavy atom. The van der Waals surface area contributed by atoms with Gasteiger partial charge in [0.2, 0.25) is 5.75 Å². The van der Waals surface area contributed by atoms with E-state index in [1.165, 1.54) is 5.57 Å². The van der Waals surface area contributed by atoms with Crippen LogP contribution in [0, 0.1) is 0 Å². The Labute approximate surface area is 157 Å². The fourth-order valence-electron chi connectivity index (χ4n) is 3.81. The maximum atomic E-state index is 10.7. The summed E-state index contributed by atoms with van der Waals surface area (Å²) in [6.45, 7) is 1.28. The molecule has 2 unspecified atom stereocenters. The highest BCUT2D eigenvalue weighted by atomic mass is 16.6. The molecule has 3 aliphatic rings. The zero-order valence-corrected chi connectivity index (χ0v) is 15.7. The maximum absolute atomic E-state index is 10.7. The van der Waals surface area contributed by atoms with Crippen molar-refractivity contribution in [2.75, 3.05) is 39.7 Å². The third-order valence-electron chi connectivity index (χ3n) is 5.18. The SMILES string of the molecule is COC1=CC(CNc2cc3c4c(c2O)[NH+]=CC=4CCN=3)=CC(OC)C1OC. The van der Waals surface area contributed by atoms with Crippen LogP contribution in [-0.4, -0.2) is 57.9 Å². The highest BCUT2D eigenvalue weighted by Crippen LogP contribution is 2.28. The van der Waals surface area contributed by atoms with Gasteiger partial charge in [-0.25, -0.2) is 4.99 Å². The summed E-state index contributed by atoms with van der Waals surface area (Å²) in [5, 5.41) is 15.9. The molecule has 1 aliphatic carbocycles. The van der Waals surface area contributed by atoms with Crippen LogP contribution in [-0.2, 0) is 14.2 Å². The Balaban J connectivity index is 1.61. The molecule has 0 saturated carbocycles. The molecule has 3 N–H and O–H groups in total. The predicted octanol–water partition coefficient (Wildman–Crippen LogP) is -0.725. The van der Waals surface area contributed by atoms with Crippen LogP contribution in [0.4, 0.5) is 11.4 Å². The largest absolute Gasteiger partial charge is 0.501 e. The summed E-state index contributed by atoms with van der Waals surface area (Å²) in [5.41, 5.74) is 3.57. The van der Waals surface area contributed by atoms with E-state index >= 15 is 0 Å². The van der Waals surface area contributed by atoms with Crippen molar-refractivity contribution in [2.45, 2.75) is 18.6 Å². The fraction of sp³-hybridized carbons (Fsp3) is 0.400. The zero-order chi connectivity index (χ0) is 19.0. The molecular formula is C20H24N3O4+. The number of hydrogen-bond donors (Lipinski definition) is 3. The molecule has 0 aromatic heterocycles. The highest BCUT2D eigenvalue weighted by Gasteiger charge is 2.29. The summed E-state index contributed by atoms with van der Waals surface area (Å²) in [5.74, 6) is 0.921. The summed E-state index contributed by atoms with van der Waals surface area (Å²) in [6, 6.07) is 1.91. The van der Waals surface area contributed by atoms with Crippen LogP contribution >= 0.6 is 0 Å². The molecule has 2 atom stereocenters. The molecule has 0 saturated heterocycles. The van der Waals surface area contributed by atoms with Gasteiger partial charge in [0.05, 0.1) is 23.4 Å². The third-order valence-corrected chi connectivity index (χ3v) is 5.18. The second-order valence-corrected chi connectivity index (χ2v) is 6.69. The molecule has 1 aromatic rings. The second-order valence-electron chi connectivity index (χ2n) is 6.69. The van der Waals surface area contributed by atoms with Crippen LogP contribution in [0.25, 0.3) is 5.57 Å². The van der Waals surface area contributed by atoms with Crippen molar-refractivity contribution < 1.29 is 24.3 Å². The van der Waals surface area contributed by atoms with Gasteiger partial charge in [0.25, 0.3) is 5.69 Å². The fourth-order valence-corrected chi connectivity index (χ4v) is 3.81. The monoisotopic (exact) mass is 370 g/mol. The van der Waals surface area contributed by atoms with E-state index in [1.54, 1.807) is 21.3 Å². The molecule has 0 fully saturated rings. The minimum Gasteiger partial charge on any atom is -0.501 e. The minimum absolute atomic E-state index is 0.211. The molecule has 2 aliphatic heterocycles. The number of aromatic hydroxyl groups is 1. The van der Waals surface area contributed by atoms with Gasteiger partial charge in [-0.15, -0.1) is 0 Å². The molecule has 4 rings (SSSR count). The van der Waals surface area contributed by atoms with Gasteiger partial charge >= 0.3 is 0 Å². The normalized spacial score (nSPS) is 22.7. The molecule has 27 heavy (non-hydrogen) atoms. The van der Waals surface area contributed by atoms with E-state index in [-0.39, 0.29) is 18.0 Å². The first kappa shape index (κ1) is 17.8. The highest BCUT2D eigenvalue weighted by molar-refractivity contribution is 6.02. The lowest BCUT2D eigenvalue weighted by Crippen LogP contribution is -2.61. The number of rotatable bonds is 6. The van der Waals surface area contributed by atoms with Crippen LogP contribution in [0.2, 0.25) is 0 Å². The zero-order valence-electron chi connectivity index (χ0n) is 15.7. The van der Waals surface area contributed by atoms with Gasteiger partial charge in [-0.1, -0.05) is 0 Å². The number of nitrogens with one attached hydrogen (secondary N) is 2. The van der Waals surface area contributed by atoms with E-state index < -0.39 is 0 Å². The van der Waals surface area contributed by atoms with E-state index in [2.05, 4.69) is 15.3 Å². The molecule has 0 bridgehead atoms. The standard InChI is InChI=1S/C20H23N3O4/c1-25-15-6-11(7-16(26-2)20(15)27-3)9-22-14-8-13-17-12(4-5-21-13)10-23-18(17)19(14)24/h6-8,10,15,20,22,24H,4-5,9H2,1-3H3/p+1. The van der Waals surface area contributed by atoms with Gasteiger partial charge in [-0.3, -0.25) is 4.99 Å². The molecule has 1 aromatic carbocycles. The van der Waals surface area contributed by atoms with E-state index in [4.69, 9.17) is 14.2 Å². The number of nitrogens with zero attached hydrogens (tertiary/aromatic N) is 1. The van der Waals surface area contributed by atoms with Crippen LogP contribution in [0.5, 0.6) is 5.75 Å². The van der Waals surface area contributed by atoms with Gasteiger partial charge in [-0.2, -0.15) is 0 Å². The van der Waals surface area contributed by atoms with Gasteiger partial charge in [0.15, 0.2) is 6.21 Å². The van der Waals surface area contributed by atoms with Crippen LogP contribution in [0.15, 0.2) is 34.5 Å². The van der Waals surface area contributed by atoms with Gasteiger partial charge < -0.3 is 24.6 Å². The van der Waals surface area contributed by atoms with Gasteiger partial charge in [0.1, 0.15) is 18.0 Å².